The SMILES string of the molecule is Cc1cccc(CCNC(=O)/C=C/c2ccc(S(=O)(=O)N(C)C)cc2)c1. The van der Waals surface area contributed by atoms with Gasteiger partial charge in [0.1, 0.15) is 0 Å². The summed E-state index contributed by atoms with van der Waals surface area (Å²) in [4.78, 5) is 12.1. The minimum Gasteiger partial charge on any atom is -0.352 e. The van der Waals surface area contributed by atoms with Crippen molar-refractivity contribution in [3.63, 3.8) is 0 Å². The van der Waals surface area contributed by atoms with Crippen LogP contribution in [-0.2, 0) is 21.2 Å². The molecular formula is C20H24N2O3S. The highest BCUT2D eigenvalue weighted by atomic mass is 32.2. The van der Waals surface area contributed by atoms with E-state index in [1.807, 2.05) is 25.1 Å². The number of nitrogens with one attached hydrogen (secondary N) is 1. The van der Waals surface area contributed by atoms with Crippen molar-refractivity contribution >= 4 is 22.0 Å². The van der Waals surface area contributed by atoms with Gasteiger partial charge in [-0.3, -0.25) is 4.79 Å². The van der Waals surface area contributed by atoms with Gasteiger partial charge in [0.2, 0.25) is 15.9 Å². The molecule has 5 nitrogen and oxygen atoms in total. The van der Waals surface area contributed by atoms with E-state index in [-0.39, 0.29) is 10.8 Å². The molecule has 0 aliphatic carbocycles. The summed E-state index contributed by atoms with van der Waals surface area (Å²) in [6.07, 6.45) is 3.89. The molecule has 0 bridgehead atoms. The van der Waals surface area contributed by atoms with Crippen molar-refractivity contribution in [3.8, 4) is 0 Å². The Hall–Kier alpha value is -2.44. The Morgan fingerprint density at radius 3 is 2.42 bits per heavy atom. The molecule has 0 radical (unpaired) electrons. The molecule has 0 saturated heterocycles. The smallest absolute Gasteiger partial charge is 0.244 e. The fraction of sp³-hybridized carbons (Fsp3) is 0.250. The molecule has 0 atom stereocenters. The van der Waals surface area contributed by atoms with Crippen LogP contribution in [0.5, 0.6) is 0 Å². The van der Waals surface area contributed by atoms with Gasteiger partial charge >= 0.3 is 0 Å². The third kappa shape index (κ3) is 5.54. The van der Waals surface area contributed by atoms with Crippen LogP contribution >= 0.6 is 0 Å². The molecular weight excluding hydrogens is 348 g/mol. The highest BCUT2D eigenvalue weighted by molar-refractivity contribution is 7.89. The number of benzene rings is 2. The number of carbonyl (C=O) groups is 1. The normalized spacial score (nSPS) is 11.8. The van der Waals surface area contributed by atoms with Gasteiger partial charge in [-0.15, -0.1) is 0 Å². The van der Waals surface area contributed by atoms with Gasteiger partial charge in [0.05, 0.1) is 4.90 Å². The Labute approximate surface area is 155 Å². The van der Waals surface area contributed by atoms with Crippen LogP contribution in [0, 0.1) is 6.92 Å². The predicted molar refractivity (Wildman–Crippen MR) is 104 cm³/mol. The lowest BCUT2D eigenvalue weighted by molar-refractivity contribution is -0.116. The molecule has 26 heavy (non-hydrogen) atoms. The number of nitrogens with zero attached hydrogens (tertiary/aromatic N) is 1. The van der Waals surface area contributed by atoms with Crippen molar-refractivity contribution in [1.29, 1.82) is 0 Å². The molecule has 0 heterocycles. The average molecular weight is 372 g/mol. The molecule has 0 fully saturated rings. The third-order valence-corrected chi connectivity index (χ3v) is 5.71. The van der Waals surface area contributed by atoms with Gasteiger partial charge in [-0.1, -0.05) is 42.0 Å². The summed E-state index contributed by atoms with van der Waals surface area (Å²) < 4.78 is 25.2. The van der Waals surface area contributed by atoms with Crippen molar-refractivity contribution in [2.45, 2.75) is 18.2 Å². The summed E-state index contributed by atoms with van der Waals surface area (Å²) in [5, 5.41) is 2.84. The lowest BCUT2D eigenvalue weighted by Crippen LogP contribution is -2.23. The number of rotatable bonds is 7. The molecule has 0 spiro atoms. The van der Waals surface area contributed by atoms with Crippen molar-refractivity contribution in [3.05, 3.63) is 71.3 Å². The number of hydrogen-bond acceptors (Lipinski definition) is 3. The minimum atomic E-state index is -3.44. The van der Waals surface area contributed by atoms with Gasteiger partial charge in [0, 0.05) is 26.7 Å². The van der Waals surface area contributed by atoms with Gasteiger partial charge in [-0.25, -0.2) is 12.7 Å². The van der Waals surface area contributed by atoms with E-state index in [0.29, 0.717) is 6.54 Å². The Balaban J connectivity index is 1.88. The Bertz CT molecular complexity index is 886. The van der Waals surface area contributed by atoms with Crippen molar-refractivity contribution in [2.75, 3.05) is 20.6 Å². The molecule has 0 aliphatic rings. The van der Waals surface area contributed by atoms with Crippen LogP contribution in [0.2, 0.25) is 0 Å². The largest absolute Gasteiger partial charge is 0.352 e. The number of carbonyl (C=O) groups excluding carboxylic acids is 1. The quantitative estimate of drug-likeness (QED) is 0.760. The average Bonchev–Trinajstić information content (AvgIpc) is 2.60. The molecule has 2 rings (SSSR count). The predicted octanol–water partition coefficient (Wildman–Crippen LogP) is 2.62. The van der Waals surface area contributed by atoms with E-state index in [4.69, 9.17) is 0 Å². The van der Waals surface area contributed by atoms with Crippen molar-refractivity contribution < 1.29 is 13.2 Å². The van der Waals surface area contributed by atoms with Crippen molar-refractivity contribution in [2.24, 2.45) is 0 Å². The second kappa shape index (κ2) is 8.78. The maximum atomic E-state index is 12.0. The molecule has 2 aromatic carbocycles. The first-order valence-corrected chi connectivity index (χ1v) is 9.77. The molecule has 0 aromatic heterocycles. The second-order valence-electron chi connectivity index (χ2n) is 6.22. The number of aryl methyl sites for hydroxylation is 1. The first-order chi connectivity index (χ1) is 12.3. The number of hydrogen-bond donors (Lipinski definition) is 1. The third-order valence-electron chi connectivity index (χ3n) is 3.88. The first kappa shape index (κ1) is 19.9. The van der Waals surface area contributed by atoms with Crippen LogP contribution in [-0.4, -0.2) is 39.3 Å². The van der Waals surface area contributed by atoms with E-state index in [0.717, 1.165) is 12.0 Å². The van der Waals surface area contributed by atoms with Crippen LogP contribution in [0.15, 0.2) is 59.5 Å². The fourth-order valence-corrected chi connectivity index (χ4v) is 3.29. The molecule has 2 aromatic rings. The Kier molecular flexibility index (Phi) is 6.71. The van der Waals surface area contributed by atoms with Crippen LogP contribution in [0.25, 0.3) is 6.08 Å². The second-order valence-corrected chi connectivity index (χ2v) is 8.37. The summed E-state index contributed by atoms with van der Waals surface area (Å²) in [5.74, 6) is -0.178. The molecule has 6 heteroatoms. The Morgan fingerprint density at radius 2 is 1.81 bits per heavy atom. The number of sulfonamides is 1. The Morgan fingerprint density at radius 1 is 1.12 bits per heavy atom. The first-order valence-electron chi connectivity index (χ1n) is 8.33. The summed E-state index contributed by atoms with van der Waals surface area (Å²) in [6.45, 7) is 2.60. The summed E-state index contributed by atoms with van der Waals surface area (Å²) in [5.41, 5.74) is 3.15. The van der Waals surface area contributed by atoms with Gasteiger partial charge in [0.15, 0.2) is 0 Å². The van der Waals surface area contributed by atoms with Gasteiger partial charge in [-0.2, -0.15) is 0 Å². The van der Waals surface area contributed by atoms with Crippen molar-refractivity contribution in [1.82, 2.24) is 9.62 Å². The lowest BCUT2D eigenvalue weighted by atomic mass is 10.1. The lowest BCUT2D eigenvalue weighted by Gasteiger charge is -2.11. The maximum Gasteiger partial charge on any atom is 0.244 e. The molecule has 1 N–H and O–H groups in total. The standard InChI is InChI=1S/C20H24N2O3S/c1-16-5-4-6-18(15-16)13-14-21-20(23)12-9-17-7-10-19(11-8-17)26(24,25)22(2)3/h4-12,15H,13-14H2,1-3H3,(H,21,23)/b12-9+. The monoisotopic (exact) mass is 372 g/mol. The molecule has 1 amide bonds. The molecule has 0 aliphatic heterocycles. The van der Waals surface area contributed by atoms with E-state index in [1.54, 1.807) is 18.2 Å². The van der Waals surface area contributed by atoms with Crippen LogP contribution < -0.4 is 5.32 Å². The summed E-state index contributed by atoms with van der Waals surface area (Å²) in [6, 6.07) is 14.6. The maximum absolute atomic E-state index is 12.0. The highest BCUT2D eigenvalue weighted by Crippen LogP contribution is 2.14. The minimum absolute atomic E-state index is 0.178. The number of amides is 1. The molecule has 0 unspecified atom stereocenters. The van der Waals surface area contributed by atoms with Gasteiger partial charge < -0.3 is 5.32 Å². The van der Waals surface area contributed by atoms with E-state index >= 15 is 0 Å². The van der Waals surface area contributed by atoms with Crippen LogP contribution in [0.1, 0.15) is 16.7 Å². The molecule has 0 saturated carbocycles. The van der Waals surface area contributed by atoms with E-state index in [2.05, 4.69) is 11.4 Å². The zero-order valence-corrected chi connectivity index (χ0v) is 16.1. The van der Waals surface area contributed by atoms with E-state index in [9.17, 15) is 13.2 Å². The topological polar surface area (TPSA) is 66.5 Å². The zero-order chi connectivity index (χ0) is 19.2. The summed E-state index contributed by atoms with van der Waals surface area (Å²) >= 11 is 0. The zero-order valence-electron chi connectivity index (χ0n) is 15.3. The van der Waals surface area contributed by atoms with Crippen LogP contribution in [0.3, 0.4) is 0 Å². The molecule has 138 valence electrons. The summed E-state index contributed by atoms with van der Waals surface area (Å²) in [7, 11) is -0.456. The van der Waals surface area contributed by atoms with Gasteiger partial charge in [-0.05, 0) is 42.7 Å². The highest BCUT2D eigenvalue weighted by Gasteiger charge is 2.16. The van der Waals surface area contributed by atoms with E-state index in [1.165, 1.54) is 47.7 Å². The fourth-order valence-electron chi connectivity index (χ4n) is 2.39. The van der Waals surface area contributed by atoms with Gasteiger partial charge in [0.25, 0.3) is 0 Å². The van der Waals surface area contributed by atoms with Crippen LogP contribution in [0.4, 0.5) is 0 Å². The van der Waals surface area contributed by atoms with E-state index < -0.39 is 10.0 Å².